The van der Waals surface area contributed by atoms with Crippen LogP contribution < -0.4 is 0 Å². The van der Waals surface area contributed by atoms with E-state index in [0.717, 1.165) is 38.3 Å². The molecule has 0 aromatic carbocycles. The summed E-state index contributed by atoms with van der Waals surface area (Å²) in [6.07, 6.45) is 6.32. The highest BCUT2D eigenvalue weighted by Crippen LogP contribution is 2.44. The molecule has 0 aromatic heterocycles. The fraction of sp³-hybridized carbons (Fsp3) is 0.909. The average molecular weight is 197 g/mol. The first-order valence-corrected chi connectivity index (χ1v) is 5.58. The standard InChI is InChI=1S/C11H19NO2/c1-12(9-3-4-9)8-7-11(10(13)14)5-2-6-11/h9H,2-8H2,1H3,(H,13,14). The summed E-state index contributed by atoms with van der Waals surface area (Å²) < 4.78 is 0. The van der Waals surface area contributed by atoms with Crippen LogP contribution >= 0.6 is 0 Å². The summed E-state index contributed by atoms with van der Waals surface area (Å²) in [6.45, 7) is 0.955. The smallest absolute Gasteiger partial charge is 0.309 e. The predicted octanol–water partition coefficient (Wildman–Crippen LogP) is 1.73. The number of carboxylic acids is 1. The third-order valence-corrected chi connectivity index (χ3v) is 3.88. The number of nitrogens with zero attached hydrogens (tertiary/aromatic N) is 1. The van der Waals surface area contributed by atoms with E-state index in [1.54, 1.807) is 0 Å². The van der Waals surface area contributed by atoms with E-state index in [2.05, 4.69) is 11.9 Å². The second-order valence-electron chi connectivity index (χ2n) is 4.90. The maximum absolute atomic E-state index is 11.1. The van der Waals surface area contributed by atoms with Crippen molar-refractivity contribution < 1.29 is 9.90 Å². The number of carboxylic acid groups (broad SMARTS) is 1. The third kappa shape index (κ3) is 1.78. The Bertz CT molecular complexity index is 231. The second kappa shape index (κ2) is 3.54. The molecule has 2 fully saturated rings. The van der Waals surface area contributed by atoms with E-state index < -0.39 is 5.97 Å². The first kappa shape index (κ1) is 9.97. The molecule has 0 aliphatic heterocycles. The number of hydrogen-bond acceptors (Lipinski definition) is 2. The summed E-state index contributed by atoms with van der Waals surface area (Å²) in [4.78, 5) is 13.4. The largest absolute Gasteiger partial charge is 0.481 e. The Kier molecular flexibility index (Phi) is 2.52. The van der Waals surface area contributed by atoms with Crippen molar-refractivity contribution in [1.29, 1.82) is 0 Å². The monoisotopic (exact) mass is 197 g/mol. The van der Waals surface area contributed by atoms with E-state index in [9.17, 15) is 4.79 Å². The molecule has 80 valence electrons. The van der Waals surface area contributed by atoms with Crippen molar-refractivity contribution in [3.8, 4) is 0 Å². The van der Waals surface area contributed by atoms with Crippen LogP contribution in [-0.2, 0) is 4.79 Å². The van der Waals surface area contributed by atoms with Gasteiger partial charge in [0.15, 0.2) is 0 Å². The van der Waals surface area contributed by atoms with E-state index in [-0.39, 0.29) is 5.41 Å². The third-order valence-electron chi connectivity index (χ3n) is 3.88. The summed E-state index contributed by atoms with van der Waals surface area (Å²) in [5.74, 6) is -0.576. The van der Waals surface area contributed by atoms with Gasteiger partial charge in [-0.2, -0.15) is 0 Å². The minimum atomic E-state index is -0.576. The molecule has 2 aliphatic rings. The molecule has 3 nitrogen and oxygen atoms in total. The first-order valence-electron chi connectivity index (χ1n) is 5.58. The van der Waals surface area contributed by atoms with Gasteiger partial charge in [0.2, 0.25) is 0 Å². The zero-order valence-electron chi connectivity index (χ0n) is 8.83. The molecule has 0 spiro atoms. The normalized spacial score (nSPS) is 24.7. The zero-order chi connectivity index (χ0) is 10.2. The van der Waals surface area contributed by atoms with Crippen LogP contribution in [0.3, 0.4) is 0 Å². The summed E-state index contributed by atoms with van der Waals surface area (Å²) in [7, 11) is 2.12. The molecule has 0 radical (unpaired) electrons. The van der Waals surface area contributed by atoms with Gasteiger partial charge in [-0.1, -0.05) is 6.42 Å². The Balaban J connectivity index is 1.79. The van der Waals surface area contributed by atoms with Crippen LogP contribution in [0.15, 0.2) is 0 Å². The van der Waals surface area contributed by atoms with Crippen LogP contribution in [0.5, 0.6) is 0 Å². The molecule has 1 N–H and O–H groups in total. The number of carbonyl (C=O) groups is 1. The van der Waals surface area contributed by atoms with Gasteiger partial charge >= 0.3 is 5.97 Å². The summed E-state index contributed by atoms with van der Waals surface area (Å²) in [6, 6.07) is 0.751. The molecule has 0 unspecified atom stereocenters. The Morgan fingerprint density at radius 2 is 2.14 bits per heavy atom. The fourth-order valence-electron chi connectivity index (χ4n) is 2.26. The SMILES string of the molecule is CN(CCC1(C(=O)O)CCC1)C1CC1. The molecule has 0 atom stereocenters. The van der Waals surface area contributed by atoms with Gasteiger partial charge in [-0.3, -0.25) is 4.79 Å². The molecule has 3 heteroatoms. The number of hydrogen-bond donors (Lipinski definition) is 1. The molecule has 2 aliphatic carbocycles. The van der Waals surface area contributed by atoms with Gasteiger partial charge in [-0.05, 0) is 45.7 Å². The van der Waals surface area contributed by atoms with Crippen LogP contribution in [0.25, 0.3) is 0 Å². The van der Waals surface area contributed by atoms with E-state index in [4.69, 9.17) is 5.11 Å². The molecule has 0 heterocycles. The van der Waals surface area contributed by atoms with E-state index >= 15 is 0 Å². The van der Waals surface area contributed by atoms with Gasteiger partial charge in [0.25, 0.3) is 0 Å². The van der Waals surface area contributed by atoms with Gasteiger partial charge in [-0.15, -0.1) is 0 Å². The Morgan fingerprint density at radius 3 is 2.50 bits per heavy atom. The average Bonchev–Trinajstić information content (AvgIpc) is 2.82. The van der Waals surface area contributed by atoms with Crippen molar-refractivity contribution in [2.75, 3.05) is 13.6 Å². The van der Waals surface area contributed by atoms with E-state index in [0.29, 0.717) is 0 Å². The lowest BCUT2D eigenvalue weighted by atomic mass is 9.66. The van der Waals surface area contributed by atoms with Crippen LogP contribution in [0.1, 0.15) is 38.5 Å². The zero-order valence-corrected chi connectivity index (χ0v) is 8.83. The molecule has 0 saturated heterocycles. The molecule has 14 heavy (non-hydrogen) atoms. The molecule has 0 amide bonds. The summed E-state index contributed by atoms with van der Waals surface area (Å²) >= 11 is 0. The summed E-state index contributed by atoms with van der Waals surface area (Å²) in [5, 5.41) is 9.13. The van der Waals surface area contributed by atoms with Crippen LogP contribution in [0, 0.1) is 5.41 Å². The Morgan fingerprint density at radius 1 is 1.50 bits per heavy atom. The molecule has 2 rings (SSSR count). The van der Waals surface area contributed by atoms with Crippen molar-refractivity contribution in [3.05, 3.63) is 0 Å². The van der Waals surface area contributed by atoms with Crippen LogP contribution in [0.2, 0.25) is 0 Å². The lowest BCUT2D eigenvalue weighted by Gasteiger charge is -2.38. The minimum absolute atomic E-state index is 0.358. The fourth-order valence-corrected chi connectivity index (χ4v) is 2.26. The maximum Gasteiger partial charge on any atom is 0.309 e. The van der Waals surface area contributed by atoms with E-state index in [1.807, 2.05) is 0 Å². The topological polar surface area (TPSA) is 40.5 Å². The number of rotatable bonds is 5. The lowest BCUT2D eigenvalue weighted by Crippen LogP contribution is -2.40. The van der Waals surface area contributed by atoms with Gasteiger partial charge in [0.05, 0.1) is 5.41 Å². The van der Waals surface area contributed by atoms with Crippen molar-refractivity contribution in [2.45, 2.75) is 44.6 Å². The van der Waals surface area contributed by atoms with Crippen molar-refractivity contribution >= 4 is 5.97 Å². The maximum atomic E-state index is 11.1. The highest BCUT2D eigenvalue weighted by Gasteiger charge is 2.44. The van der Waals surface area contributed by atoms with Gasteiger partial charge < -0.3 is 10.0 Å². The van der Waals surface area contributed by atoms with Gasteiger partial charge in [0.1, 0.15) is 0 Å². The first-order chi connectivity index (χ1) is 6.64. The Hall–Kier alpha value is -0.570. The number of aliphatic carboxylic acids is 1. The minimum Gasteiger partial charge on any atom is -0.481 e. The Labute approximate surface area is 85.1 Å². The molecule has 0 bridgehead atoms. The van der Waals surface area contributed by atoms with E-state index in [1.165, 1.54) is 12.8 Å². The summed E-state index contributed by atoms with van der Waals surface area (Å²) in [5.41, 5.74) is -0.358. The molecular weight excluding hydrogens is 178 g/mol. The highest BCUT2D eigenvalue weighted by atomic mass is 16.4. The predicted molar refractivity (Wildman–Crippen MR) is 54.2 cm³/mol. The molecule has 0 aromatic rings. The van der Waals surface area contributed by atoms with Crippen molar-refractivity contribution in [3.63, 3.8) is 0 Å². The van der Waals surface area contributed by atoms with Gasteiger partial charge in [0, 0.05) is 6.04 Å². The second-order valence-corrected chi connectivity index (χ2v) is 4.90. The quantitative estimate of drug-likeness (QED) is 0.729. The van der Waals surface area contributed by atoms with Crippen LogP contribution in [-0.4, -0.2) is 35.6 Å². The van der Waals surface area contributed by atoms with Crippen molar-refractivity contribution in [1.82, 2.24) is 4.90 Å². The van der Waals surface area contributed by atoms with Crippen molar-refractivity contribution in [2.24, 2.45) is 5.41 Å². The molecule has 2 saturated carbocycles. The van der Waals surface area contributed by atoms with Gasteiger partial charge in [-0.25, -0.2) is 0 Å². The highest BCUT2D eigenvalue weighted by molar-refractivity contribution is 5.75. The van der Waals surface area contributed by atoms with Crippen LogP contribution in [0.4, 0.5) is 0 Å². The molecular formula is C11H19NO2. The lowest BCUT2D eigenvalue weighted by molar-refractivity contribution is -0.155.